The molecule has 0 saturated carbocycles. The van der Waals surface area contributed by atoms with Crippen molar-refractivity contribution in [2.45, 2.75) is 25.3 Å². The molecule has 0 aromatic carbocycles. The summed E-state index contributed by atoms with van der Waals surface area (Å²) in [7, 11) is 3.67. The highest BCUT2D eigenvalue weighted by atomic mass is 16.5. The van der Waals surface area contributed by atoms with Crippen LogP contribution in [-0.2, 0) is 4.74 Å². The van der Waals surface area contributed by atoms with Crippen molar-refractivity contribution in [2.24, 2.45) is 0 Å². The van der Waals surface area contributed by atoms with Gasteiger partial charge in [0.1, 0.15) is 5.56 Å². The van der Waals surface area contributed by atoms with E-state index in [2.05, 4.69) is 21.9 Å². The molecule has 23 heavy (non-hydrogen) atoms. The fourth-order valence-electron chi connectivity index (χ4n) is 2.86. The van der Waals surface area contributed by atoms with Crippen LogP contribution in [-0.4, -0.2) is 72.1 Å². The maximum Gasteiger partial charge on any atom is 0.325 e. The van der Waals surface area contributed by atoms with E-state index in [0.29, 0.717) is 19.6 Å². The SMILES string of the molecule is COCCCN(C(=O)c1c[nH]c(=O)[nH]c1=O)C1CCN(C)CC1. The van der Waals surface area contributed by atoms with Gasteiger partial charge in [0.2, 0.25) is 0 Å². The fraction of sp³-hybridized carbons (Fsp3) is 0.667. The predicted octanol–water partition coefficient (Wildman–Crippen LogP) is -0.364. The molecule has 0 bridgehead atoms. The van der Waals surface area contributed by atoms with E-state index in [1.54, 1.807) is 12.0 Å². The maximum atomic E-state index is 12.8. The van der Waals surface area contributed by atoms with Gasteiger partial charge in [-0.15, -0.1) is 0 Å². The molecule has 1 aromatic rings. The third-order valence-corrected chi connectivity index (χ3v) is 4.19. The van der Waals surface area contributed by atoms with Crippen LogP contribution in [0.5, 0.6) is 0 Å². The molecule has 1 aliphatic rings. The molecule has 0 unspecified atom stereocenters. The largest absolute Gasteiger partial charge is 0.385 e. The summed E-state index contributed by atoms with van der Waals surface area (Å²) >= 11 is 0. The summed E-state index contributed by atoms with van der Waals surface area (Å²) in [5.74, 6) is -0.340. The molecule has 0 spiro atoms. The number of nitrogens with zero attached hydrogens (tertiary/aromatic N) is 2. The van der Waals surface area contributed by atoms with E-state index >= 15 is 0 Å². The summed E-state index contributed by atoms with van der Waals surface area (Å²) in [6.45, 7) is 2.92. The van der Waals surface area contributed by atoms with Crippen LogP contribution in [0.1, 0.15) is 29.6 Å². The summed E-state index contributed by atoms with van der Waals surface area (Å²) in [5, 5.41) is 0. The maximum absolute atomic E-state index is 12.8. The van der Waals surface area contributed by atoms with E-state index in [1.807, 2.05) is 0 Å². The lowest BCUT2D eigenvalue weighted by Gasteiger charge is -2.37. The van der Waals surface area contributed by atoms with E-state index in [-0.39, 0.29) is 17.5 Å². The van der Waals surface area contributed by atoms with E-state index < -0.39 is 11.2 Å². The van der Waals surface area contributed by atoms with Gasteiger partial charge in [0.15, 0.2) is 0 Å². The van der Waals surface area contributed by atoms with Gasteiger partial charge in [-0.05, 0) is 39.4 Å². The summed E-state index contributed by atoms with van der Waals surface area (Å²) in [5.41, 5.74) is -1.29. The van der Waals surface area contributed by atoms with Gasteiger partial charge >= 0.3 is 5.69 Å². The molecule has 0 atom stereocenters. The molecule has 0 aliphatic carbocycles. The molecule has 8 heteroatoms. The molecule has 2 N–H and O–H groups in total. The average molecular weight is 324 g/mol. The van der Waals surface area contributed by atoms with Gasteiger partial charge in [-0.25, -0.2) is 4.79 Å². The minimum absolute atomic E-state index is 0.0269. The highest BCUT2D eigenvalue weighted by Gasteiger charge is 2.28. The molecule has 2 rings (SSSR count). The number of H-pyrrole nitrogens is 2. The summed E-state index contributed by atoms with van der Waals surface area (Å²) < 4.78 is 5.06. The standard InChI is InChI=1S/C15H24N4O4/c1-18-7-4-11(5-8-18)19(6-3-9-23-2)14(21)12-10-16-15(22)17-13(12)20/h10-11H,3-9H2,1-2H3,(H2,16,17,20,22). The number of methoxy groups -OCH3 is 1. The Labute approximate surface area is 134 Å². The highest BCUT2D eigenvalue weighted by Crippen LogP contribution is 2.17. The number of aromatic nitrogens is 2. The summed E-state index contributed by atoms with van der Waals surface area (Å²) in [6.07, 6.45) is 3.64. The minimum atomic E-state index is -0.650. The molecule has 1 aliphatic heterocycles. The van der Waals surface area contributed by atoms with Crippen LogP contribution in [0.2, 0.25) is 0 Å². The van der Waals surface area contributed by atoms with Crippen molar-refractivity contribution in [1.29, 1.82) is 0 Å². The first kappa shape index (κ1) is 17.4. The molecular weight excluding hydrogens is 300 g/mol. The van der Waals surface area contributed by atoms with Crippen LogP contribution in [0.25, 0.3) is 0 Å². The number of carbonyl (C=O) groups excluding carboxylic acids is 1. The second kappa shape index (κ2) is 8.07. The van der Waals surface area contributed by atoms with Gasteiger partial charge in [-0.2, -0.15) is 0 Å². The van der Waals surface area contributed by atoms with Gasteiger partial charge < -0.3 is 19.5 Å². The first-order chi connectivity index (χ1) is 11.0. The van der Waals surface area contributed by atoms with Gasteiger partial charge in [0, 0.05) is 32.5 Å². The topological polar surface area (TPSA) is 98.5 Å². The van der Waals surface area contributed by atoms with Gasteiger partial charge in [0.25, 0.3) is 11.5 Å². The minimum Gasteiger partial charge on any atom is -0.385 e. The third kappa shape index (κ3) is 4.52. The molecule has 8 nitrogen and oxygen atoms in total. The number of rotatable bonds is 6. The number of amides is 1. The number of hydrogen-bond acceptors (Lipinski definition) is 5. The summed E-state index contributed by atoms with van der Waals surface area (Å²) in [4.78, 5) is 44.2. The van der Waals surface area contributed by atoms with Crippen molar-refractivity contribution in [3.63, 3.8) is 0 Å². The van der Waals surface area contributed by atoms with Crippen LogP contribution in [0.4, 0.5) is 0 Å². The van der Waals surface area contributed by atoms with Gasteiger partial charge in [0.05, 0.1) is 0 Å². The Kier molecular flexibility index (Phi) is 6.12. The Balaban J connectivity index is 2.19. The average Bonchev–Trinajstić information content (AvgIpc) is 2.52. The normalized spacial score (nSPS) is 16.4. The van der Waals surface area contributed by atoms with Crippen molar-refractivity contribution in [2.75, 3.05) is 40.4 Å². The van der Waals surface area contributed by atoms with Crippen LogP contribution in [0, 0.1) is 0 Å². The highest BCUT2D eigenvalue weighted by molar-refractivity contribution is 5.93. The number of aromatic amines is 2. The van der Waals surface area contributed by atoms with E-state index in [1.165, 1.54) is 6.20 Å². The molecule has 0 radical (unpaired) electrons. The number of piperidine rings is 1. The number of likely N-dealkylation sites (tertiary alicyclic amines) is 1. The lowest BCUT2D eigenvalue weighted by molar-refractivity contribution is 0.0562. The zero-order chi connectivity index (χ0) is 16.8. The van der Waals surface area contributed by atoms with Crippen molar-refractivity contribution >= 4 is 5.91 Å². The third-order valence-electron chi connectivity index (χ3n) is 4.19. The molecule has 1 amide bonds. The Morgan fingerprint density at radius 1 is 1.39 bits per heavy atom. The van der Waals surface area contributed by atoms with E-state index in [4.69, 9.17) is 4.74 Å². The first-order valence-electron chi connectivity index (χ1n) is 7.83. The molecule has 2 heterocycles. The second-order valence-corrected chi connectivity index (χ2v) is 5.86. The molecular formula is C15H24N4O4. The van der Waals surface area contributed by atoms with Crippen LogP contribution in [0.3, 0.4) is 0 Å². The second-order valence-electron chi connectivity index (χ2n) is 5.86. The van der Waals surface area contributed by atoms with Crippen LogP contribution < -0.4 is 11.2 Å². The Hall–Kier alpha value is -1.93. The van der Waals surface area contributed by atoms with Crippen molar-refractivity contribution < 1.29 is 9.53 Å². The van der Waals surface area contributed by atoms with Crippen molar-refractivity contribution in [3.8, 4) is 0 Å². The van der Waals surface area contributed by atoms with Crippen molar-refractivity contribution in [3.05, 3.63) is 32.6 Å². The van der Waals surface area contributed by atoms with Crippen LogP contribution >= 0.6 is 0 Å². The Bertz CT molecular complexity index is 631. The number of ether oxygens (including phenoxy) is 1. The molecule has 1 saturated heterocycles. The zero-order valence-electron chi connectivity index (χ0n) is 13.6. The molecule has 1 aromatic heterocycles. The Morgan fingerprint density at radius 3 is 2.70 bits per heavy atom. The molecule has 1 fully saturated rings. The van der Waals surface area contributed by atoms with Gasteiger partial charge in [-0.1, -0.05) is 0 Å². The lowest BCUT2D eigenvalue weighted by atomic mass is 10.0. The first-order valence-corrected chi connectivity index (χ1v) is 7.83. The lowest BCUT2D eigenvalue weighted by Crippen LogP contribution is -2.48. The monoisotopic (exact) mass is 324 g/mol. The Morgan fingerprint density at radius 2 is 2.09 bits per heavy atom. The van der Waals surface area contributed by atoms with E-state index in [0.717, 1.165) is 25.9 Å². The molecule has 128 valence electrons. The number of hydrogen-bond donors (Lipinski definition) is 2. The van der Waals surface area contributed by atoms with Crippen molar-refractivity contribution in [1.82, 2.24) is 19.8 Å². The number of carbonyl (C=O) groups is 1. The number of nitrogens with one attached hydrogen (secondary N) is 2. The van der Waals surface area contributed by atoms with Crippen LogP contribution in [0.15, 0.2) is 15.8 Å². The van der Waals surface area contributed by atoms with Gasteiger partial charge in [-0.3, -0.25) is 14.6 Å². The summed E-state index contributed by atoms with van der Waals surface area (Å²) in [6, 6.07) is 0.0990. The predicted molar refractivity (Wildman–Crippen MR) is 85.7 cm³/mol. The van der Waals surface area contributed by atoms with E-state index in [9.17, 15) is 14.4 Å². The quantitative estimate of drug-likeness (QED) is 0.696. The fourth-order valence-corrected chi connectivity index (χ4v) is 2.86. The smallest absolute Gasteiger partial charge is 0.325 e. The zero-order valence-corrected chi connectivity index (χ0v) is 13.6.